The van der Waals surface area contributed by atoms with Crippen LogP contribution in [0.3, 0.4) is 0 Å². The molecule has 3 aromatic rings. The molecule has 3 rings (SSSR count). The number of hydrogen-bond acceptors (Lipinski definition) is 3. The Hall–Kier alpha value is -2.76. The fourth-order valence-electron chi connectivity index (χ4n) is 2.10. The van der Waals surface area contributed by atoms with Crippen LogP contribution in [0.25, 0.3) is 22.2 Å². The molecule has 6 nitrogen and oxygen atoms in total. The van der Waals surface area contributed by atoms with Gasteiger partial charge in [0, 0.05) is 10.9 Å². The Morgan fingerprint density at radius 1 is 1.26 bits per heavy atom. The van der Waals surface area contributed by atoms with E-state index in [-0.39, 0.29) is 12.0 Å². The summed E-state index contributed by atoms with van der Waals surface area (Å²) in [6, 6.07) is 7.35. The standard InChI is InChI=1S/C13H10N2O4/c16-11(17)5-8-12(14-15-13(8)18)9-6-19-10-4-2-1-3-7(9)10/h1-4,6H,5H2,(H,16,17)(H2,14,15,18). The first-order chi connectivity index (χ1) is 9.16. The molecule has 0 aliphatic rings. The summed E-state index contributed by atoms with van der Waals surface area (Å²) in [6.45, 7) is 0. The highest BCUT2D eigenvalue weighted by Gasteiger charge is 2.18. The number of carboxylic acid groups (broad SMARTS) is 1. The minimum atomic E-state index is -1.06. The predicted octanol–water partition coefficient (Wildman–Crippen LogP) is 1.74. The topological polar surface area (TPSA) is 99.1 Å². The summed E-state index contributed by atoms with van der Waals surface area (Å²) in [7, 11) is 0. The molecule has 0 spiro atoms. The third-order valence-electron chi connectivity index (χ3n) is 2.96. The lowest BCUT2D eigenvalue weighted by Crippen LogP contribution is -2.11. The molecule has 3 N–H and O–H groups in total. The Morgan fingerprint density at radius 3 is 2.84 bits per heavy atom. The van der Waals surface area contributed by atoms with Gasteiger partial charge in [-0.1, -0.05) is 18.2 Å². The maximum Gasteiger partial charge on any atom is 0.308 e. The molecule has 0 aliphatic carbocycles. The fraction of sp³-hybridized carbons (Fsp3) is 0.0769. The summed E-state index contributed by atoms with van der Waals surface area (Å²) in [6.07, 6.45) is 1.17. The first-order valence-electron chi connectivity index (χ1n) is 5.64. The first kappa shape index (κ1) is 11.3. The molecule has 0 amide bonds. The van der Waals surface area contributed by atoms with Gasteiger partial charge in [0.15, 0.2) is 0 Å². The van der Waals surface area contributed by atoms with Crippen LogP contribution >= 0.6 is 0 Å². The van der Waals surface area contributed by atoms with E-state index in [2.05, 4.69) is 10.2 Å². The monoisotopic (exact) mass is 258 g/mol. The summed E-state index contributed by atoms with van der Waals surface area (Å²) in [4.78, 5) is 22.4. The average molecular weight is 258 g/mol. The molecule has 6 heteroatoms. The number of furan rings is 1. The molecule has 2 heterocycles. The van der Waals surface area contributed by atoms with Gasteiger partial charge in [-0.05, 0) is 6.07 Å². The largest absolute Gasteiger partial charge is 0.481 e. The molecule has 0 radical (unpaired) electrons. The van der Waals surface area contributed by atoms with Crippen molar-refractivity contribution in [3.63, 3.8) is 0 Å². The van der Waals surface area contributed by atoms with E-state index in [1.807, 2.05) is 18.2 Å². The molecular weight excluding hydrogens is 248 g/mol. The zero-order valence-electron chi connectivity index (χ0n) is 9.77. The van der Waals surface area contributed by atoms with Gasteiger partial charge in [-0.25, -0.2) is 0 Å². The Kier molecular flexibility index (Phi) is 2.49. The molecule has 0 unspecified atom stereocenters. The predicted molar refractivity (Wildman–Crippen MR) is 68.0 cm³/mol. The van der Waals surface area contributed by atoms with E-state index in [1.54, 1.807) is 6.07 Å². The molecule has 96 valence electrons. The third-order valence-corrected chi connectivity index (χ3v) is 2.96. The van der Waals surface area contributed by atoms with Crippen molar-refractivity contribution in [3.8, 4) is 11.3 Å². The summed E-state index contributed by atoms with van der Waals surface area (Å²) >= 11 is 0. The van der Waals surface area contributed by atoms with Gasteiger partial charge in [-0.2, -0.15) is 0 Å². The number of aliphatic carboxylic acids is 1. The van der Waals surface area contributed by atoms with E-state index in [1.165, 1.54) is 6.26 Å². The van der Waals surface area contributed by atoms with Crippen molar-refractivity contribution in [1.29, 1.82) is 0 Å². The van der Waals surface area contributed by atoms with Crippen LogP contribution in [-0.4, -0.2) is 21.3 Å². The van der Waals surface area contributed by atoms with Crippen LogP contribution in [0.5, 0.6) is 0 Å². The number of hydrogen-bond donors (Lipinski definition) is 3. The highest BCUT2D eigenvalue weighted by Crippen LogP contribution is 2.30. The van der Waals surface area contributed by atoms with Crippen molar-refractivity contribution in [3.05, 3.63) is 46.4 Å². The van der Waals surface area contributed by atoms with Crippen LogP contribution in [0, 0.1) is 0 Å². The summed E-state index contributed by atoms with van der Waals surface area (Å²) < 4.78 is 5.39. The number of H-pyrrole nitrogens is 2. The number of para-hydroxylation sites is 1. The third kappa shape index (κ3) is 1.83. The number of carboxylic acids is 1. The smallest absolute Gasteiger partial charge is 0.308 e. The lowest BCUT2D eigenvalue weighted by Gasteiger charge is -1.97. The molecule has 1 aromatic carbocycles. The molecule has 19 heavy (non-hydrogen) atoms. The number of carbonyl (C=O) groups is 1. The van der Waals surface area contributed by atoms with E-state index < -0.39 is 11.5 Å². The first-order valence-corrected chi connectivity index (χ1v) is 5.64. The van der Waals surface area contributed by atoms with Gasteiger partial charge in [0.25, 0.3) is 5.56 Å². The van der Waals surface area contributed by atoms with Crippen LogP contribution in [0.1, 0.15) is 5.56 Å². The van der Waals surface area contributed by atoms with Crippen molar-refractivity contribution in [2.45, 2.75) is 6.42 Å². The highest BCUT2D eigenvalue weighted by molar-refractivity contribution is 5.94. The maximum absolute atomic E-state index is 11.6. The van der Waals surface area contributed by atoms with Crippen LogP contribution < -0.4 is 5.56 Å². The van der Waals surface area contributed by atoms with Gasteiger partial charge >= 0.3 is 5.97 Å². The van der Waals surface area contributed by atoms with Crippen molar-refractivity contribution < 1.29 is 14.3 Å². The van der Waals surface area contributed by atoms with Crippen molar-refractivity contribution >= 4 is 16.9 Å². The Morgan fingerprint density at radius 2 is 2.05 bits per heavy atom. The van der Waals surface area contributed by atoms with E-state index in [0.717, 1.165) is 5.39 Å². The molecule has 2 aromatic heterocycles. The normalized spacial score (nSPS) is 10.9. The summed E-state index contributed by atoms with van der Waals surface area (Å²) in [5.74, 6) is -1.06. The second kappa shape index (κ2) is 4.16. The maximum atomic E-state index is 11.6. The SMILES string of the molecule is O=C(O)Cc1c(-c2coc3ccccc23)[nH][nH]c1=O. The zero-order chi connectivity index (χ0) is 13.4. The second-order valence-electron chi connectivity index (χ2n) is 4.15. The Labute approximate surface area is 106 Å². The molecule has 0 saturated carbocycles. The van der Waals surface area contributed by atoms with Crippen LogP contribution in [0.15, 0.2) is 39.7 Å². The molecular formula is C13H10N2O4. The number of aromatic nitrogens is 2. The molecule has 0 atom stereocenters. The van der Waals surface area contributed by atoms with Crippen LogP contribution in [-0.2, 0) is 11.2 Å². The van der Waals surface area contributed by atoms with E-state index >= 15 is 0 Å². The summed E-state index contributed by atoms with van der Waals surface area (Å²) in [5, 5.41) is 14.8. The molecule has 0 fully saturated rings. The lowest BCUT2D eigenvalue weighted by molar-refractivity contribution is -0.136. The Balaban J connectivity index is 2.22. The van der Waals surface area contributed by atoms with Crippen molar-refractivity contribution in [2.75, 3.05) is 0 Å². The van der Waals surface area contributed by atoms with Gasteiger partial charge in [0.1, 0.15) is 11.8 Å². The zero-order valence-corrected chi connectivity index (χ0v) is 9.77. The van der Waals surface area contributed by atoms with E-state index in [4.69, 9.17) is 9.52 Å². The van der Waals surface area contributed by atoms with Crippen LogP contribution in [0.2, 0.25) is 0 Å². The molecule has 0 aliphatic heterocycles. The Bertz CT molecular complexity index is 809. The van der Waals surface area contributed by atoms with Crippen molar-refractivity contribution in [2.24, 2.45) is 0 Å². The van der Waals surface area contributed by atoms with Gasteiger partial charge in [-0.3, -0.25) is 19.8 Å². The van der Waals surface area contributed by atoms with Crippen molar-refractivity contribution in [1.82, 2.24) is 10.2 Å². The summed E-state index contributed by atoms with van der Waals surface area (Å²) in [5.41, 5.74) is 1.57. The van der Waals surface area contributed by atoms with Gasteiger partial charge < -0.3 is 9.52 Å². The highest BCUT2D eigenvalue weighted by atomic mass is 16.4. The fourth-order valence-corrected chi connectivity index (χ4v) is 2.10. The molecule has 0 bridgehead atoms. The molecule has 0 saturated heterocycles. The van der Waals surface area contributed by atoms with Crippen LogP contribution in [0.4, 0.5) is 0 Å². The van der Waals surface area contributed by atoms with Gasteiger partial charge in [0.05, 0.1) is 17.7 Å². The lowest BCUT2D eigenvalue weighted by atomic mass is 10.1. The second-order valence-corrected chi connectivity index (χ2v) is 4.15. The van der Waals surface area contributed by atoms with E-state index in [0.29, 0.717) is 16.8 Å². The number of nitrogens with one attached hydrogen (secondary N) is 2. The minimum Gasteiger partial charge on any atom is -0.481 e. The quantitative estimate of drug-likeness (QED) is 0.666. The number of aromatic amines is 2. The van der Waals surface area contributed by atoms with E-state index in [9.17, 15) is 9.59 Å². The minimum absolute atomic E-state index is 0.194. The average Bonchev–Trinajstić information content (AvgIpc) is 2.94. The van der Waals surface area contributed by atoms with Gasteiger partial charge in [-0.15, -0.1) is 0 Å². The van der Waals surface area contributed by atoms with Gasteiger partial charge in [0.2, 0.25) is 0 Å². The number of fused-ring (bicyclic) bond motifs is 1. The number of rotatable bonds is 3. The number of benzene rings is 1.